The van der Waals surface area contributed by atoms with Gasteiger partial charge in [0.05, 0.1) is 11.6 Å². The summed E-state index contributed by atoms with van der Waals surface area (Å²) in [6.45, 7) is 2.66. The zero-order valence-corrected chi connectivity index (χ0v) is 12.9. The fourth-order valence-electron chi connectivity index (χ4n) is 3.60. The second kappa shape index (κ2) is 5.11. The molecule has 2 N–H and O–H groups in total. The van der Waals surface area contributed by atoms with Crippen LogP contribution in [0.1, 0.15) is 24.0 Å². The Labute approximate surface area is 133 Å². The predicted octanol–water partition coefficient (Wildman–Crippen LogP) is 2.55. The number of rotatable bonds is 2. The number of anilines is 1. The third-order valence-electron chi connectivity index (χ3n) is 4.85. The van der Waals surface area contributed by atoms with Gasteiger partial charge in [-0.05, 0) is 49.7 Å². The number of hydrogen-bond acceptors (Lipinski definition) is 3. The molecule has 1 aromatic carbocycles. The van der Waals surface area contributed by atoms with Crippen LogP contribution >= 0.6 is 11.6 Å². The lowest BCUT2D eigenvalue weighted by atomic mass is 9.73. The van der Waals surface area contributed by atoms with E-state index in [0.29, 0.717) is 5.02 Å². The van der Waals surface area contributed by atoms with Crippen LogP contribution in [-0.2, 0) is 16.8 Å². The van der Waals surface area contributed by atoms with Crippen molar-refractivity contribution in [2.24, 2.45) is 0 Å². The number of hydrogen-bond donors (Lipinski definition) is 2. The summed E-state index contributed by atoms with van der Waals surface area (Å²) in [6, 6.07) is 5.68. The fourth-order valence-corrected chi connectivity index (χ4v) is 3.77. The maximum Gasteiger partial charge on any atom is 0.235 e. The number of benzene rings is 1. The molecule has 5 nitrogen and oxygen atoms in total. The summed E-state index contributed by atoms with van der Waals surface area (Å²) in [5, 5.41) is 10.5. The zero-order chi connectivity index (χ0) is 15.2. The average molecular weight is 317 g/mol. The molecule has 0 unspecified atom stereocenters. The van der Waals surface area contributed by atoms with Crippen LogP contribution in [0.2, 0.25) is 5.02 Å². The van der Waals surface area contributed by atoms with Crippen LogP contribution in [-0.4, -0.2) is 34.1 Å². The Hall–Kier alpha value is -1.85. The van der Waals surface area contributed by atoms with Gasteiger partial charge in [-0.3, -0.25) is 14.8 Å². The summed E-state index contributed by atoms with van der Waals surface area (Å²) in [6.07, 6.45) is 5.41. The number of fused-ring (bicyclic) bond motifs is 2. The second-order valence-electron chi connectivity index (χ2n) is 6.11. The molecule has 3 heterocycles. The number of nitrogens with one attached hydrogen (secondary N) is 2. The van der Waals surface area contributed by atoms with Crippen LogP contribution in [0.15, 0.2) is 30.6 Å². The van der Waals surface area contributed by atoms with E-state index in [2.05, 4.69) is 20.4 Å². The van der Waals surface area contributed by atoms with Gasteiger partial charge in [0.15, 0.2) is 0 Å². The second-order valence-corrected chi connectivity index (χ2v) is 6.55. The van der Waals surface area contributed by atoms with Gasteiger partial charge in [-0.25, -0.2) is 0 Å². The average Bonchev–Trinajstić information content (AvgIpc) is 3.10. The Kier molecular flexibility index (Phi) is 3.20. The van der Waals surface area contributed by atoms with Gasteiger partial charge >= 0.3 is 0 Å². The maximum atomic E-state index is 12.6. The summed E-state index contributed by atoms with van der Waals surface area (Å²) in [4.78, 5) is 14.9. The van der Waals surface area contributed by atoms with E-state index in [1.54, 1.807) is 0 Å². The van der Waals surface area contributed by atoms with Crippen molar-refractivity contribution in [3.63, 3.8) is 0 Å². The Balaban J connectivity index is 1.55. The Morgan fingerprint density at radius 3 is 2.86 bits per heavy atom. The lowest BCUT2D eigenvalue weighted by molar-refractivity contribution is -0.122. The lowest BCUT2D eigenvalue weighted by Crippen LogP contribution is -2.46. The number of piperidine rings is 1. The summed E-state index contributed by atoms with van der Waals surface area (Å²) >= 11 is 6.14. The number of H-pyrrole nitrogens is 1. The number of carbonyl (C=O) groups excluding carboxylic acids is 1. The molecule has 1 fully saturated rings. The van der Waals surface area contributed by atoms with Gasteiger partial charge in [-0.2, -0.15) is 5.10 Å². The highest BCUT2D eigenvalue weighted by molar-refractivity contribution is 6.31. The molecule has 0 radical (unpaired) electrons. The van der Waals surface area contributed by atoms with E-state index in [0.717, 1.165) is 43.7 Å². The molecule has 1 saturated heterocycles. The first kappa shape index (κ1) is 13.8. The number of halogens is 1. The van der Waals surface area contributed by atoms with Crippen LogP contribution in [0.3, 0.4) is 0 Å². The highest BCUT2D eigenvalue weighted by Crippen LogP contribution is 2.45. The third-order valence-corrected chi connectivity index (χ3v) is 5.09. The van der Waals surface area contributed by atoms with Crippen molar-refractivity contribution < 1.29 is 4.79 Å². The molecule has 2 aliphatic rings. The smallest absolute Gasteiger partial charge is 0.235 e. The van der Waals surface area contributed by atoms with E-state index in [1.165, 1.54) is 5.56 Å². The van der Waals surface area contributed by atoms with E-state index in [1.807, 2.05) is 30.6 Å². The van der Waals surface area contributed by atoms with Gasteiger partial charge in [-0.1, -0.05) is 11.6 Å². The van der Waals surface area contributed by atoms with Gasteiger partial charge in [0.2, 0.25) is 5.91 Å². The minimum absolute atomic E-state index is 0.118. The number of nitrogens with zero attached hydrogens (tertiary/aromatic N) is 2. The minimum Gasteiger partial charge on any atom is -0.325 e. The lowest BCUT2D eigenvalue weighted by Gasteiger charge is -2.37. The van der Waals surface area contributed by atoms with Gasteiger partial charge in [0.25, 0.3) is 0 Å². The van der Waals surface area contributed by atoms with Crippen molar-refractivity contribution in [2.45, 2.75) is 24.8 Å². The van der Waals surface area contributed by atoms with Gasteiger partial charge in [-0.15, -0.1) is 0 Å². The standard InChI is InChI=1S/C16H17ClN4O/c17-12-1-2-14-13(7-12)16(15(22)20-14)3-5-21(6-4-16)10-11-8-18-19-9-11/h1-2,7-9H,3-6,10H2,(H,18,19)(H,20,22). The molecule has 114 valence electrons. The van der Waals surface area contributed by atoms with Crippen LogP contribution in [0, 0.1) is 0 Å². The summed E-state index contributed by atoms with van der Waals surface area (Å²) in [5.74, 6) is 0.118. The molecule has 0 atom stereocenters. The van der Waals surface area contributed by atoms with Gasteiger partial charge in [0, 0.05) is 29.0 Å². The van der Waals surface area contributed by atoms with Crippen LogP contribution in [0.25, 0.3) is 0 Å². The highest BCUT2D eigenvalue weighted by atomic mass is 35.5. The quantitative estimate of drug-likeness (QED) is 0.895. The van der Waals surface area contributed by atoms with Crippen molar-refractivity contribution in [1.29, 1.82) is 0 Å². The van der Waals surface area contributed by atoms with E-state index < -0.39 is 5.41 Å². The van der Waals surface area contributed by atoms with Crippen LogP contribution in [0.4, 0.5) is 5.69 Å². The number of likely N-dealkylation sites (tertiary alicyclic amines) is 1. The molecule has 2 aromatic rings. The zero-order valence-electron chi connectivity index (χ0n) is 12.1. The molecule has 0 bridgehead atoms. The van der Waals surface area contributed by atoms with E-state index in [-0.39, 0.29) is 5.91 Å². The van der Waals surface area contributed by atoms with Gasteiger partial charge in [0.1, 0.15) is 0 Å². The van der Waals surface area contributed by atoms with Crippen molar-refractivity contribution in [2.75, 3.05) is 18.4 Å². The Bertz CT molecular complexity index is 705. The molecule has 6 heteroatoms. The number of aromatic nitrogens is 2. The first-order valence-corrected chi connectivity index (χ1v) is 7.87. The topological polar surface area (TPSA) is 61.0 Å². The number of amides is 1. The number of carbonyl (C=O) groups is 1. The summed E-state index contributed by atoms with van der Waals surface area (Å²) in [7, 11) is 0. The molecule has 22 heavy (non-hydrogen) atoms. The number of aromatic amines is 1. The molecular formula is C16H17ClN4O. The summed E-state index contributed by atoms with van der Waals surface area (Å²) in [5.41, 5.74) is 2.74. The Morgan fingerprint density at radius 1 is 1.32 bits per heavy atom. The molecule has 2 aliphatic heterocycles. The van der Waals surface area contributed by atoms with Crippen molar-refractivity contribution >= 4 is 23.2 Å². The molecule has 1 spiro atoms. The molecule has 4 rings (SSSR count). The minimum atomic E-state index is -0.410. The van der Waals surface area contributed by atoms with Gasteiger partial charge < -0.3 is 5.32 Å². The molecule has 1 aromatic heterocycles. The van der Waals surface area contributed by atoms with Crippen molar-refractivity contribution in [3.8, 4) is 0 Å². The molecule has 1 amide bonds. The fraction of sp³-hybridized carbons (Fsp3) is 0.375. The Morgan fingerprint density at radius 2 is 2.14 bits per heavy atom. The molecule has 0 aliphatic carbocycles. The highest BCUT2D eigenvalue weighted by Gasteiger charge is 2.48. The maximum absolute atomic E-state index is 12.6. The third kappa shape index (κ3) is 2.12. The monoisotopic (exact) mass is 316 g/mol. The first-order chi connectivity index (χ1) is 10.7. The van der Waals surface area contributed by atoms with Crippen LogP contribution in [0.5, 0.6) is 0 Å². The normalized spacial score (nSPS) is 20.1. The van der Waals surface area contributed by atoms with E-state index >= 15 is 0 Å². The van der Waals surface area contributed by atoms with Crippen molar-refractivity contribution in [3.05, 3.63) is 46.7 Å². The SMILES string of the molecule is O=C1Nc2ccc(Cl)cc2C12CCN(Cc1cn[nH]c1)CC2. The largest absolute Gasteiger partial charge is 0.325 e. The predicted molar refractivity (Wildman–Crippen MR) is 84.9 cm³/mol. The van der Waals surface area contributed by atoms with E-state index in [4.69, 9.17) is 11.6 Å². The summed E-state index contributed by atoms with van der Waals surface area (Å²) < 4.78 is 0. The molecular weight excluding hydrogens is 300 g/mol. The van der Waals surface area contributed by atoms with Crippen LogP contribution < -0.4 is 5.32 Å². The first-order valence-electron chi connectivity index (χ1n) is 7.49. The van der Waals surface area contributed by atoms with Crippen molar-refractivity contribution in [1.82, 2.24) is 15.1 Å². The molecule has 0 saturated carbocycles. The van der Waals surface area contributed by atoms with E-state index in [9.17, 15) is 4.79 Å².